The Morgan fingerprint density at radius 2 is 2.00 bits per heavy atom. The van der Waals surface area contributed by atoms with Gasteiger partial charge in [0, 0.05) is 6.20 Å². The van der Waals surface area contributed by atoms with E-state index in [1.165, 1.54) is 6.20 Å². The van der Waals surface area contributed by atoms with Crippen LogP contribution in [0.15, 0.2) is 42.6 Å². The molecule has 2 aromatic rings. The SMILES string of the molecule is Cc1ccccc1CC(=O)OCC(=O)Nc1cccnc1Cl. The summed E-state index contributed by atoms with van der Waals surface area (Å²) in [7, 11) is 0. The number of carbonyl (C=O) groups is 2. The van der Waals surface area contributed by atoms with Crippen molar-refractivity contribution >= 4 is 29.2 Å². The lowest BCUT2D eigenvalue weighted by atomic mass is 10.1. The average Bonchev–Trinajstić information content (AvgIpc) is 2.50. The minimum atomic E-state index is -0.465. The average molecular weight is 319 g/mol. The normalized spacial score (nSPS) is 10.1. The Hall–Kier alpha value is -2.40. The fourth-order valence-electron chi connectivity index (χ4n) is 1.83. The Morgan fingerprint density at radius 3 is 2.73 bits per heavy atom. The van der Waals surface area contributed by atoms with E-state index < -0.39 is 11.9 Å². The fourth-order valence-corrected chi connectivity index (χ4v) is 1.99. The van der Waals surface area contributed by atoms with Crippen molar-refractivity contribution in [2.24, 2.45) is 0 Å². The van der Waals surface area contributed by atoms with Crippen molar-refractivity contribution in [3.8, 4) is 0 Å². The minimum Gasteiger partial charge on any atom is -0.455 e. The summed E-state index contributed by atoms with van der Waals surface area (Å²) < 4.78 is 4.96. The summed E-state index contributed by atoms with van der Waals surface area (Å²) >= 11 is 5.82. The lowest BCUT2D eigenvalue weighted by Gasteiger charge is -2.08. The lowest BCUT2D eigenvalue weighted by molar-refractivity contribution is -0.146. The van der Waals surface area contributed by atoms with E-state index in [1.807, 2.05) is 31.2 Å². The van der Waals surface area contributed by atoms with Crippen LogP contribution in [0.1, 0.15) is 11.1 Å². The zero-order chi connectivity index (χ0) is 15.9. The Labute approximate surface area is 133 Å². The number of amides is 1. The quantitative estimate of drug-likeness (QED) is 0.680. The highest BCUT2D eigenvalue weighted by atomic mass is 35.5. The zero-order valence-corrected chi connectivity index (χ0v) is 12.8. The molecule has 0 unspecified atom stereocenters. The first-order valence-corrected chi connectivity index (χ1v) is 7.04. The summed E-state index contributed by atoms with van der Waals surface area (Å²) in [5, 5.41) is 2.71. The van der Waals surface area contributed by atoms with E-state index in [4.69, 9.17) is 16.3 Å². The highest BCUT2D eigenvalue weighted by Crippen LogP contribution is 2.17. The monoisotopic (exact) mass is 318 g/mol. The van der Waals surface area contributed by atoms with Gasteiger partial charge in [-0.1, -0.05) is 35.9 Å². The molecule has 1 heterocycles. The number of rotatable bonds is 5. The molecule has 0 saturated carbocycles. The minimum absolute atomic E-state index is 0.133. The van der Waals surface area contributed by atoms with Gasteiger partial charge in [-0.15, -0.1) is 0 Å². The van der Waals surface area contributed by atoms with E-state index in [0.717, 1.165) is 11.1 Å². The van der Waals surface area contributed by atoms with Crippen molar-refractivity contribution in [2.45, 2.75) is 13.3 Å². The molecule has 1 aromatic heterocycles. The van der Waals surface area contributed by atoms with Gasteiger partial charge in [0.2, 0.25) is 0 Å². The largest absolute Gasteiger partial charge is 0.455 e. The zero-order valence-electron chi connectivity index (χ0n) is 12.0. The molecule has 2 rings (SSSR count). The lowest BCUT2D eigenvalue weighted by Crippen LogP contribution is -2.22. The number of anilines is 1. The second-order valence-electron chi connectivity index (χ2n) is 4.65. The van der Waals surface area contributed by atoms with Gasteiger partial charge in [0.1, 0.15) is 0 Å². The molecule has 1 aromatic carbocycles. The summed E-state index contributed by atoms with van der Waals surface area (Å²) in [6.45, 7) is 1.55. The first-order chi connectivity index (χ1) is 10.6. The second-order valence-corrected chi connectivity index (χ2v) is 5.01. The molecule has 0 bridgehead atoms. The van der Waals surface area contributed by atoms with Crippen LogP contribution in [-0.4, -0.2) is 23.5 Å². The van der Waals surface area contributed by atoms with Crippen LogP contribution in [0.4, 0.5) is 5.69 Å². The molecule has 0 aliphatic carbocycles. The van der Waals surface area contributed by atoms with E-state index in [9.17, 15) is 9.59 Å². The third-order valence-corrected chi connectivity index (χ3v) is 3.29. The summed E-state index contributed by atoms with van der Waals surface area (Å²) in [6.07, 6.45) is 1.65. The molecule has 22 heavy (non-hydrogen) atoms. The van der Waals surface area contributed by atoms with Crippen LogP contribution in [0.5, 0.6) is 0 Å². The molecule has 6 heteroatoms. The van der Waals surface area contributed by atoms with Crippen molar-refractivity contribution < 1.29 is 14.3 Å². The fraction of sp³-hybridized carbons (Fsp3) is 0.188. The van der Waals surface area contributed by atoms with Crippen LogP contribution in [-0.2, 0) is 20.7 Å². The number of nitrogens with zero attached hydrogens (tertiary/aromatic N) is 1. The van der Waals surface area contributed by atoms with Crippen molar-refractivity contribution in [1.82, 2.24) is 4.98 Å². The van der Waals surface area contributed by atoms with Gasteiger partial charge in [-0.3, -0.25) is 9.59 Å². The Bertz CT molecular complexity index is 629. The Balaban J connectivity index is 1.82. The molecular formula is C16H15ClN2O3. The maximum Gasteiger partial charge on any atom is 0.310 e. The third-order valence-electron chi connectivity index (χ3n) is 2.99. The number of pyridine rings is 1. The maximum absolute atomic E-state index is 11.7. The number of nitrogens with one attached hydrogen (secondary N) is 1. The van der Waals surface area contributed by atoms with Crippen LogP contribution < -0.4 is 5.32 Å². The molecule has 5 nitrogen and oxygen atoms in total. The molecule has 0 aliphatic heterocycles. The van der Waals surface area contributed by atoms with Gasteiger partial charge in [0.25, 0.3) is 5.91 Å². The van der Waals surface area contributed by atoms with Gasteiger partial charge >= 0.3 is 5.97 Å². The predicted molar refractivity (Wildman–Crippen MR) is 83.7 cm³/mol. The van der Waals surface area contributed by atoms with Crippen LogP contribution in [0.25, 0.3) is 0 Å². The maximum atomic E-state index is 11.7. The smallest absolute Gasteiger partial charge is 0.310 e. The van der Waals surface area contributed by atoms with E-state index in [1.54, 1.807) is 12.1 Å². The topological polar surface area (TPSA) is 68.3 Å². The highest BCUT2D eigenvalue weighted by Gasteiger charge is 2.11. The van der Waals surface area contributed by atoms with E-state index in [0.29, 0.717) is 5.69 Å². The molecule has 114 valence electrons. The van der Waals surface area contributed by atoms with Crippen LogP contribution in [0.2, 0.25) is 5.15 Å². The molecule has 0 fully saturated rings. The summed E-state index contributed by atoms with van der Waals surface area (Å²) in [5.74, 6) is -0.922. The molecule has 0 atom stereocenters. The van der Waals surface area contributed by atoms with Crippen molar-refractivity contribution in [1.29, 1.82) is 0 Å². The number of carbonyl (C=O) groups excluding carboxylic acids is 2. The second kappa shape index (κ2) is 7.56. The predicted octanol–water partition coefficient (Wildman–Crippen LogP) is 2.77. The third kappa shape index (κ3) is 4.56. The van der Waals surface area contributed by atoms with Crippen LogP contribution >= 0.6 is 11.6 Å². The van der Waals surface area contributed by atoms with Crippen molar-refractivity contribution in [2.75, 3.05) is 11.9 Å². The molecule has 0 aliphatic rings. The number of aromatic nitrogens is 1. The number of halogens is 1. The highest BCUT2D eigenvalue weighted by molar-refractivity contribution is 6.32. The number of aryl methyl sites for hydroxylation is 1. The van der Waals surface area contributed by atoms with Gasteiger partial charge < -0.3 is 10.1 Å². The molecule has 0 radical (unpaired) electrons. The molecular weight excluding hydrogens is 304 g/mol. The summed E-state index contributed by atoms with van der Waals surface area (Å²) in [5.41, 5.74) is 2.26. The van der Waals surface area contributed by atoms with Crippen LogP contribution in [0.3, 0.4) is 0 Å². The first-order valence-electron chi connectivity index (χ1n) is 6.67. The Morgan fingerprint density at radius 1 is 1.23 bits per heavy atom. The van der Waals surface area contributed by atoms with E-state index >= 15 is 0 Å². The number of esters is 1. The van der Waals surface area contributed by atoms with E-state index in [-0.39, 0.29) is 18.2 Å². The molecule has 0 saturated heterocycles. The summed E-state index contributed by atoms with van der Waals surface area (Å²) in [6, 6.07) is 10.8. The van der Waals surface area contributed by atoms with Crippen LogP contribution in [0, 0.1) is 6.92 Å². The van der Waals surface area contributed by atoms with Crippen molar-refractivity contribution in [3.63, 3.8) is 0 Å². The number of hydrogen-bond acceptors (Lipinski definition) is 4. The molecule has 1 N–H and O–H groups in total. The first kappa shape index (κ1) is 16.0. The van der Waals surface area contributed by atoms with Gasteiger partial charge in [-0.05, 0) is 30.2 Å². The van der Waals surface area contributed by atoms with Gasteiger partial charge in [0.15, 0.2) is 11.8 Å². The van der Waals surface area contributed by atoms with Gasteiger partial charge in [-0.25, -0.2) is 4.98 Å². The number of hydrogen-bond donors (Lipinski definition) is 1. The Kier molecular flexibility index (Phi) is 5.49. The number of ether oxygens (including phenoxy) is 1. The molecule has 0 spiro atoms. The summed E-state index contributed by atoms with van der Waals surface area (Å²) in [4.78, 5) is 27.3. The van der Waals surface area contributed by atoms with Gasteiger partial charge in [0.05, 0.1) is 12.1 Å². The molecule has 1 amide bonds. The van der Waals surface area contributed by atoms with Crippen molar-refractivity contribution in [3.05, 3.63) is 58.9 Å². The number of benzene rings is 1. The van der Waals surface area contributed by atoms with E-state index in [2.05, 4.69) is 10.3 Å². The standard InChI is InChI=1S/C16H15ClN2O3/c1-11-5-2-3-6-12(11)9-15(21)22-10-14(20)19-13-7-4-8-18-16(13)17/h2-8H,9-10H2,1H3,(H,19,20). The van der Waals surface area contributed by atoms with Gasteiger partial charge in [-0.2, -0.15) is 0 Å².